The molecule has 0 saturated carbocycles. The van der Waals surface area contributed by atoms with Crippen LogP contribution in [-0.2, 0) is 0 Å². The standard InChI is InChI=1S/C13H17N5O3/c1-6-4-8(15-11-10(6)13(21)18-17-11)12(20)16-7-2-3-14-5-9(7)19/h4,7,9,14,19H,2-3,5H2,1H3,(H,16,20)(H2,15,17,18,21)/t7?,9-/m1/s1. The molecule has 5 N–H and O–H groups in total. The molecular weight excluding hydrogens is 274 g/mol. The molecule has 1 amide bonds. The third kappa shape index (κ3) is 2.55. The molecule has 1 aliphatic rings. The van der Waals surface area contributed by atoms with Crippen molar-refractivity contribution < 1.29 is 9.90 Å². The molecule has 0 spiro atoms. The largest absolute Gasteiger partial charge is 0.390 e. The molecule has 21 heavy (non-hydrogen) atoms. The number of piperidine rings is 1. The smallest absolute Gasteiger partial charge is 0.273 e. The highest BCUT2D eigenvalue weighted by atomic mass is 16.3. The van der Waals surface area contributed by atoms with Crippen molar-refractivity contribution in [1.82, 2.24) is 25.8 Å². The zero-order valence-corrected chi connectivity index (χ0v) is 11.6. The van der Waals surface area contributed by atoms with Crippen molar-refractivity contribution in [1.29, 1.82) is 0 Å². The Balaban J connectivity index is 1.86. The number of carbonyl (C=O) groups is 1. The average Bonchev–Trinajstić information content (AvgIpc) is 2.83. The number of aryl methyl sites for hydroxylation is 1. The number of aromatic nitrogens is 3. The maximum atomic E-state index is 12.3. The summed E-state index contributed by atoms with van der Waals surface area (Å²) in [5, 5.41) is 21.2. The first-order chi connectivity index (χ1) is 10.1. The molecule has 2 aromatic heterocycles. The summed E-state index contributed by atoms with van der Waals surface area (Å²) < 4.78 is 0. The molecule has 8 heteroatoms. The van der Waals surface area contributed by atoms with E-state index in [2.05, 4.69) is 25.8 Å². The summed E-state index contributed by atoms with van der Waals surface area (Å²) in [7, 11) is 0. The van der Waals surface area contributed by atoms with E-state index < -0.39 is 6.10 Å². The summed E-state index contributed by atoms with van der Waals surface area (Å²) >= 11 is 0. The summed E-state index contributed by atoms with van der Waals surface area (Å²) in [6.45, 7) is 2.96. The lowest BCUT2D eigenvalue weighted by Gasteiger charge is -2.28. The second kappa shape index (κ2) is 5.30. The molecule has 0 aromatic carbocycles. The topological polar surface area (TPSA) is 123 Å². The van der Waals surface area contributed by atoms with Crippen LogP contribution >= 0.6 is 0 Å². The Labute approximate surface area is 119 Å². The lowest BCUT2D eigenvalue weighted by molar-refractivity contribution is 0.0761. The third-order valence-electron chi connectivity index (χ3n) is 3.74. The molecule has 2 atom stereocenters. The van der Waals surface area contributed by atoms with E-state index in [1.165, 1.54) is 0 Å². The molecule has 3 rings (SSSR count). The van der Waals surface area contributed by atoms with E-state index in [0.717, 1.165) is 6.54 Å². The maximum absolute atomic E-state index is 12.3. The van der Waals surface area contributed by atoms with E-state index >= 15 is 0 Å². The fourth-order valence-corrected chi connectivity index (χ4v) is 2.60. The van der Waals surface area contributed by atoms with E-state index in [-0.39, 0.29) is 23.2 Å². The second-order valence-corrected chi connectivity index (χ2v) is 5.27. The number of hydrogen-bond acceptors (Lipinski definition) is 5. The molecule has 1 unspecified atom stereocenters. The monoisotopic (exact) mass is 291 g/mol. The molecule has 1 fully saturated rings. The first-order valence-corrected chi connectivity index (χ1v) is 6.84. The van der Waals surface area contributed by atoms with Crippen LogP contribution in [0.1, 0.15) is 22.5 Å². The summed E-state index contributed by atoms with van der Waals surface area (Å²) in [6, 6.07) is 1.29. The minimum Gasteiger partial charge on any atom is -0.390 e. The second-order valence-electron chi connectivity index (χ2n) is 5.27. The van der Waals surface area contributed by atoms with Gasteiger partial charge in [0, 0.05) is 6.54 Å². The fraction of sp³-hybridized carbons (Fsp3) is 0.462. The first kappa shape index (κ1) is 13.8. The first-order valence-electron chi connectivity index (χ1n) is 6.84. The predicted octanol–water partition coefficient (Wildman–Crippen LogP) is -0.988. The number of aliphatic hydroxyl groups excluding tert-OH is 1. The molecule has 2 aromatic rings. The fourth-order valence-electron chi connectivity index (χ4n) is 2.60. The van der Waals surface area contributed by atoms with Crippen LogP contribution in [0.15, 0.2) is 10.9 Å². The van der Waals surface area contributed by atoms with Crippen molar-refractivity contribution in [3.8, 4) is 0 Å². The van der Waals surface area contributed by atoms with Crippen LogP contribution in [0.25, 0.3) is 11.0 Å². The van der Waals surface area contributed by atoms with Gasteiger partial charge in [-0.3, -0.25) is 19.8 Å². The third-order valence-corrected chi connectivity index (χ3v) is 3.74. The number of carbonyl (C=O) groups excluding carboxylic acids is 1. The SMILES string of the molecule is Cc1cc(C(=O)NC2CCNC[C@H]2O)nc2[nH][nH]c(=O)c12. The van der Waals surface area contributed by atoms with Crippen molar-refractivity contribution in [2.75, 3.05) is 13.1 Å². The van der Waals surface area contributed by atoms with E-state index in [9.17, 15) is 14.7 Å². The lowest BCUT2D eigenvalue weighted by Crippen LogP contribution is -2.52. The van der Waals surface area contributed by atoms with E-state index in [4.69, 9.17) is 0 Å². The van der Waals surface area contributed by atoms with Crippen molar-refractivity contribution in [2.45, 2.75) is 25.5 Å². The summed E-state index contributed by atoms with van der Waals surface area (Å²) in [5.74, 6) is -0.354. The number of rotatable bonds is 2. The highest BCUT2D eigenvalue weighted by molar-refractivity contribution is 5.95. The van der Waals surface area contributed by atoms with Crippen LogP contribution in [0.2, 0.25) is 0 Å². The molecule has 0 bridgehead atoms. The van der Waals surface area contributed by atoms with E-state index in [1.807, 2.05) is 0 Å². The van der Waals surface area contributed by atoms with Gasteiger partial charge in [-0.2, -0.15) is 0 Å². The summed E-state index contributed by atoms with van der Waals surface area (Å²) in [4.78, 5) is 28.0. The van der Waals surface area contributed by atoms with Crippen molar-refractivity contribution in [2.24, 2.45) is 0 Å². The number of H-pyrrole nitrogens is 2. The van der Waals surface area contributed by atoms with E-state index in [1.54, 1.807) is 13.0 Å². The van der Waals surface area contributed by atoms with Gasteiger partial charge in [-0.15, -0.1) is 0 Å². The van der Waals surface area contributed by atoms with Gasteiger partial charge in [0.1, 0.15) is 5.69 Å². The zero-order chi connectivity index (χ0) is 15.0. The van der Waals surface area contributed by atoms with Crippen LogP contribution < -0.4 is 16.2 Å². The van der Waals surface area contributed by atoms with Gasteiger partial charge in [-0.05, 0) is 31.5 Å². The Hall–Kier alpha value is -2.19. The van der Waals surface area contributed by atoms with Crippen LogP contribution in [0, 0.1) is 6.92 Å². The molecule has 0 aliphatic carbocycles. The molecule has 8 nitrogen and oxygen atoms in total. The molecule has 3 heterocycles. The van der Waals surface area contributed by atoms with Crippen LogP contribution in [-0.4, -0.2) is 51.4 Å². The number of amides is 1. The Morgan fingerprint density at radius 1 is 1.48 bits per heavy atom. The zero-order valence-electron chi connectivity index (χ0n) is 11.6. The van der Waals surface area contributed by atoms with Gasteiger partial charge in [-0.1, -0.05) is 0 Å². The number of fused-ring (bicyclic) bond motifs is 1. The van der Waals surface area contributed by atoms with Gasteiger partial charge in [0.05, 0.1) is 17.5 Å². The minimum absolute atomic E-state index is 0.223. The Kier molecular flexibility index (Phi) is 3.48. The number of aliphatic hydroxyl groups is 1. The van der Waals surface area contributed by atoms with Gasteiger partial charge >= 0.3 is 0 Å². The number of pyridine rings is 1. The molecule has 0 radical (unpaired) electrons. The highest BCUT2D eigenvalue weighted by Crippen LogP contribution is 2.12. The normalized spacial score (nSPS) is 22.4. The number of β-amino-alcohol motifs (C(OH)–C–C–N with tert-alkyl or cyclic N) is 1. The van der Waals surface area contributed by atoms with Crippen LogP contribution in [0.3, 0.4) is 0 Å². The van der Waals surface area contributed by atoms with Gasteiger partial charge in [0.25, 0.3) is 11.5 Å². The molecule has 1 aliphatic heterocycles. The molecule has 112 valence electrons. The number of nitrogens with zero attached hydrogens (tertiary/aromatic N) is 1. The number of aromatic amines is 2. The maximum Gasteiger partial charge on any atom is 0.273 e. The van der Waals surface area contributed by atoms with Gasteiger partial charge in [-0.25, -0.2) is 4.98 Å². The Bertz CT molecular complexity index is 735. The number of hydrogen-bond donors (Lipinski definition) is 5. The van der Waals surface area contributed by atoms with Gasteiger partial charge in [0.2, 0.25) is 0 Å². The van der Waals surface area contributed by atoms with Crippen LogP contribution in [0.4, 0.5) is 0 Å². The Morgan fingerprint density at radius 2 is 2.29 bits per heavy atom. The summed E-state index contributed by atoms with van der Waals surface area (Å²) in [5.41, 5.74) is 1.01. The molecular formula is C13H17N5O3. The summed E-state index contributed by atoms with van der Waals surface area (Å²) in [6.07, 6.45) is 0.0503. The van der Waals surface area contributed by atoms with Crippen LogP contribution in [0.5, 0.6) is 0 Å². The van der Waals surface area contributed by atoms with Gasteiger partial charge in [0.15, 0.2) is 5.65 Å². The molecule has 1 saturated heterocycles. The van der Waals surface area contributed by atoms with Crippen molar-refractivity contribution in [3.05, 3.63) is 27.7 Å². The predicted molar refractivity (Wildman–Crippen MR) is 76.2 cm³/mol. The van der Waals surface area contributed by atoms with E-state index in [0.29, 0.717) is 29.6 Å². The van der Waals surface area contributed by atoms with Gasteiger partial charge < -0.3 is 15.7 Å². The quantitative estimate of drug-likeness (QED) is 0.486. The lowest BCUT2D eigenvalue weighted by atomic mass is 10.0. The average molecular weight is 291 g/mol. The number of nitrogens with one attached hydrogen (secondary N) is 4. The Morgan fingerprint density at radius 3 is 3.05 bits per heavy atom. The highest BCUT2D eigenvalue weighted by Gasteiger charge is 2.25. The van der Waals surface area contributed by atoms with Crippen molar-refractivity contribution in [3.63, 3.8) is 0 Å². The van der Waals surface area contributed by atoms with Crippen molar-refractivity contribution >= 4 is 16.9 Å². The minimum atomic E-state index is -0.611.